The van der Waals surface area contributed by atoms with Gasteiger partial charge in [-0.25, -0.2) is 0 Å². The van der Waals surface area contributed by atoms with Crippen molar-refractivity contribution >= 4 is 136 Å². The number of rotatable bonds is 32. The van der Waals surface area contributed by atoms with Gasteiger partial charge in [-0.05, 0) is 128 Å². The summed E-state index contributed by atoms with van der Waals surface area (Å²) in [6.07, 6.45) is 1.66. The lowest BCUT2D eigenvalue weighted by Crippen LogP contribution is -2.44. The number of carbonyl (C=O) groups excluding carboxylic acids is 8. The van der Waals surface area contributed by atoms with Crippen LogP contribution >= 0.6 is 67.7 Å². The van der Waals surface area contributed by atoms with Gasteiger partial charge >= 0.3 is 0 Å². The Kier molecular flexibility index (Phi) is 113. The predicted octanol–water partition coefficient (Wildman–Crippen LogP) is 5.72. The van der Waals surface area contributed by atoms with Gasteiger partial charge in [0.2, 0.25) is 0 Å². The molecular formula is C56H126N8O16P2S6. The standard InChI is InChI=1S/C8H17NO2S.C8H17NOS.C7H15NO2S.C7H15NOS.C6H14NO2P.C6H11NO.C5H12NO2P.C5H9NO.2C2H6S.2H2O2/c1-5-12(11)7(3)8(9-4)6(2)10;1-5-11-7(3)8(9-4)6(2)10;1-4-11(10)5-7(8-3)6(2)9;1-4-10-5-7(8-3)6(2)9;1-4(8)6(7-3)5(2)9-10;1-4-6(7-3)5(2)8;1-4(7)5(6-2)3-8-9;1-4(6-3)5(2)7;2*1-2-3;2*1-2/h7-9H,5H2,1-4H3;7-9H,5H2,1-4H3;7-8H,4-5H2,1-3H3;7-8H,4-5H2,1-3H3;5-7H,10H2,1-3H3;4,7H,1-3H3;5-6H,3,9H2,1-2H3;6H,1H2,2-3H3;2*3H,2H2,1H3;2*1-2H/b;;;;;6-4+;;;;;;. The summed E-state index contributed by atoms with van der Waals surface area (Å²) in [5.41, 5.74) is 1.13. The molecule has 0 aromatic rings. The molecular weight excluding hydrogens is 1300 g/mol. The summed E-state index contributed by atoms with van der Waals surface area (Å²) < 4.78 is 31.9. The Balaban J connectivity index is -0.0000000736. The van der Waals surface area contributed by atoms with Crippen molar-refractivity contribution in [1.29, 1.82) is 0 Å². The maximum absolute atomic E-state index is 11.3. The molecule has 532 valence electrons. The van der Waals surface area contributed by atoms with Crippen molar-refractivity contribution < 1.29 is 76.9 Å². The average Bonchev–Trinajstić information content (AvgIpc) is 3.48. The fraction of sp³-hybridized carbons (Fsp3) is 0.786. The van der Waals surface area contributed by atoms with Gasteiger partial charge in [0.15, 0.2) is 11.6 Å². The molecule has 0 heterocycles. The van der Waals surface area contributed by atoms with E-state index in [9.17, 15) is 46.8 Å². The van der Waals surface area contributed by atoms with Gasteiger partial charge in [-0.3, -0.25) is 67.8 Å². The number of thiol groups is 2. The smallest absolute Gasteiger partial charge is 0.175 e. The highest BCUT2D eigenvalue weighted by Gasteiger charge is 2.24. The van der Waals surface area contributed by atoms with E-state index in [1.165, 1.54) is 34.6 Å². The summed E-state index contributed by atoms with van der Waals surface area (Å²) in [6.45, 7) is 35.7. The number of Topliss-reactive ketones (excluding diaryl/α,β-unsaturated/α-hetero) is 8. The van der Waals surface area contributed by atoms with E-state index in [-0.39, 0.29) is 93.9 Å². The van der Waals surface area contributed by atoms with Gasteiger partial charge < -0.3 is 51.6 Å². The van der Waals surface area contributed by atoms with Crippen molar-refractivity contribution in [2.45, 2.75) is 177 Å². The molecule has 0 aliphatic heterocycles. The summed E-state index contributed by atoms with van der Waals surface area (Å²) in [4.78, 5) is 85.8. The molecule has 0 aliphatic carbocycles. The van der Waals surface area contributed by atoms with E-state index in [4.69, 9.17) is 25.6 Å². The molecule has 0 aromatic carbocycles. The molecule has 0 rings (SSSR count). The molecule has 13 unspecified atom stereocenters. The highest BCUT2D eigenvalue weighted by Crippen LogP contribution is 2.14. The zero-order chi connectivity index (χ0) is 72.7. The Morgan fingerprint density at radius 3 is 1.09 bits per heavy atom. The second-order valence-electron chi connectivity index (χ2n) is 17.2. The summed E-state index contributed by atoms with van der Waals surface area (Å²) in [7, 11) is 16.4. The molecule has 0 aromatic heterocycles. The van der Waals surface area contributed by atoms with E-state index < -0.39 is 21.6 Å². The number of allylic oxidation sites excluding steroid dienone is 3. The molecule has 12 N–H and O–H groups in total. The van der Waals surface area contributed by atoms with Gasteiger partial charge in [0.05, 0.1) is 65.6 Å². The van der Waals surface area contributed by atoms with E-state index in [0.29, 0.717) is 40.5 Å². The van der Waals surface area contributed by atoms with Crippen LogP contribution in [0.2, 0.25) is 0 Å². The maximum atomic E-state index is 11.3. The number of likely N-dealkylation sites (N-methyl/N-ethyl adjacent to an activating group) is 8. The van der Waals surface area contributed by atoms with Crippen LogP contribution in [0.4, 0.5) is 0 Å². The van der Waals surface area contributed by atoms with Crippen molar-refractivity contribution in [3.8, 4) is 0 Å². The van der Waals surface area contributed by atoms with Crippen LogP contribution in [0.25, 0.3) is 0 Å². The number of hydrogen-bond acceptors (Lipinski definition) is 28. The molecule has 32 heteroatoms. The van der Waals surface area contributed by atoms with Crippen LogP contribution in [0.3, 0.4) is 0 Å². The topological polar surface area (TPSA) is 366 Å². The Morgan fingerprint density at radius 1 is 0.557 bits per heavy atom. The first-order valence-electron chi connectivity index (χ1n) is 28.1. The molecule has 0 saturated carbocycles. The highest BCUT2D eigenvalue weighted by atomic mass is 32.2. The Hall–Kier alpha value is -1.48. The fourth-order valence-corrected chi connectivity index (χ4v) is 10.1. The first-order chi connectivity index (χ1) is 41.1. The average molecular weight is 1420 g/mol. The quantitative estimate of drug-likeness (QED) is 0.0126. The molecule has 0 radical (unpaired) electrons. The lowest BCUT2D eigenvalue weighted by atomic mass is 10.1. The Labute approximate surface area is 562 Å². The SMILES string of the molecule is C/C=C(/NC)C(C)=O.C=C(NC)C(C)=O.CCS.CCS.CCS(=O)C(C)C(NC)C(C)=O.CCS(=O)CC(NC)C(C)=O.CCSC(C)C(NC)C(C)=O.CCSCC(NC)C(C)=O.CNC(C(C)=O)C(C)OP.CNC(COP)C(C)=O.OO.OO. The molecule has 0 saturated heterocycles. The monoisotopic (exact) mass is 1420 g/mol. The number of hydrogen-bond donors (Lipinski definition) is 14. The minimum atomic E-state index is -0.906. The number of ketones is 8. The largest absolute Gasteiger partial charge is 0.386 e. The maximum Gasteiger partial charge on any atom is 0.175 e. The third kappa shape index (κ3) is 82.5. The first kappa shape index (κ1) is 114. The third-order valence-electron chi connectivity index (χ3n) is 10.6. The van der Waals surface area contributed by atoms with Crippen molar-refractivity contribution in [3.05, 3.63) is 24.0 Å². The van der Waals surface area contributed by atoms with Gasteiger partial charge in [0.1, 0.15) is 34.7 Å². The van der Waals surface area contributed by atoms with Crippen LogP contribution in [0, 0.1) is 0 Å². The number of nitrogens with one attached hydrogen (secondary N) is 8. The van der Waals surface area contributed by atoms with Gasteiger partial charge in [-0.15, -0.1) is 0 Å². The molecule has 24 nitrogen and oxygen atoms in total. The minimum absolute atomic E-state index is 0.0116. The number of carbonyl (C=O) groups is 8. The second kappa shape index (κ2) is 87.6. The molecule has 0 aliphatic rings. The molecule has 0 amide bonds. The van der Waals surface area contributed by atoms with E-state index >= 15 is 0 Å². The lowest BCUT2D eigenvalue weighted by molar-refractivity contribution is -0.176. The second-order valence-corrected chi connectivity index (χ2v) is 25.9. The summed E-state index contributed by atoms with van der Waals surface area (Å²) in [5, 5.41) is 47.0. The van der Waals surface area contributed by atoms with Gasteiger partial charge in [0, 0.05) is 96.7 Å². The van der Waals surface area contributed by atoms with Crippen LogP contribution in [0.5, 0.6) is 0 Å². The summed E-state index contributed by atoms with van der Waals surface area (Å²) in [5.74, 6) is 7.38. The predicted molar refractivity (Wildman–Crippen MR) is 391 cm³/mol. The van der Waals surface area contributed by atoms with Crippen LogP contribution in [-0.2, 0) is 69.0 Å². The highest BCUT2D eigenvalue weighted by molar-refractivity contribution is 8.00. The van der Waals surface area contributed by atoms with Crippen molar-refractivity contribution in [3.63, 3.8) is 0 Å². The molecule has 0 spiro atoms. The van der Waals surface area contributed by atoms with Crippen LogP contribution in [0.1, 0.15) is 125 Å². The first-order valence-corrected chi connectivity index (χ1v) is 35.4. The van der Waals surface area contributed by atoms with Gasteiger partial charge in [-0.2, -0.15) is 48.8 Å². The fourth-order valence-electron chi connectivity index (χ4n) is 5.71. The van der Waals surface area contributed by atoms with Crippen LogP contribution in [-0.4, -0.2) is 238 Å². The summed E-state index contributed by atoms with van der Waals surface area (Å²) >= 11 is 11.2. The molecule has 0 bridgehead atoms. The number of thioether (sulfide) groups is 2. The van der Waals surface area contributed by atoms with Crippen molar-refractivity contribution in [2.75, 3.05) is 109 Å². The minimum Gasteiger partial charge on any atom is -0.386 e. The van der Waals surface area contributed by atoms with Crippen molar-refractivity contribution in [1.82, 2.24) is 42.5 Å². The van der Waals surface area contributed by atoms with Crippen molar-refractivity contribution in [2.24, 2.45) is 0 Å². The Morgan fingerprint density at radius 2 is 0.932 bits per heavy atom. The zero-order valence-corrected chi connectivity index (χ0v) is 65.6. The van der Waals surface area contributed by atoms with Crippen LogP contribution in [0.15, 0.2) is 24.0 Å². The normalized spacial score (nSPS) is 13.4. The van der Waals surface area contributed by atoms with E-state index in [2.05, 4.69) is 119 Å². The van der Waals surface area contributed by atoms with Gasteiger partial charge in [0.25, 0.3) is 0 Å². The molecule has 0 fully saturated rings. The lowest BCUT2D eigenvalue weighted by Gasteiger charge is -2.19. The molecule has 88 heavy (non-hydrogen) atoms. The van der Waals surface area contributed by atoms with E-state index in [1.807, 2.05) is 74.3 Å². The molecule has 13 atom stereocenters. The van der Waals surface area contributed by atoms with E-state index in [0.717, 1.165) is 28.8 Å². The zero-order valence-electron chi connectivity index (χ0n) is 58.2. The summed E-state index contributed by atoms with van der Waals surface area (Å²) in [6, 6.07) is -0.813. The van der Waals surface area contributed by atoms with E-state index in [1.54, 1.807) is 80.9 Å². The van der Waals surface area contributed by atoms with Gasteiger partial charge in [-0.1, -0.05) is 61.1 Å². The Bertz CT molecular complexity index is 1780. The van der Waals surface area contributed by atoms with Crippen LogP contribution < -0.4 is 42.5 Å². The third-order valence-corrected chi connectivity index (χ3v) is 16.4.